The molecule has 18 heavy (non-hydrogen) atoms. The number of para-hydroxylation sites is 1. The highest BCUT2D eigenvalue weighted by Crippen LogP contribution is 2.31. The highest BCUT2D eigenvalue weighted by Gasteiger charge is 2.14. The first-order valence-corrected chi connectivity index (χ1v) is 7.50. The molecule has 3 rings (SSSR count). The van der Waals surface area contributed by atoms with Gasteiger partial charge in [-0.25, -0.2) is 4.98 Å². The molecule has 1 unspecified atom stereocenters. The molecule has 0 aliphatic carbocycles. The predicted octanol–water partition coefficient (Wildman–Crippen LogP) is 4.88. The van der Waals surface area contributed by atoms with Crippen molar-refractivity contribution in [2.45, 2.75) is 18.2 Å². The summed E-state index contributed by atoms with van der Waals surface area (Å²) >= 11 is 5.41. The minimum atomic E-state index is 0.187. The average molecular weight is 322 g/mol. The third-order valence-corrected chi connectivity index (χ3v) is 4.60. The van der Waals surface area contributed by atoms with Crippen molar-refractivity contribution in [3.63, 3.8) is 0 Å². The molecule has 0 bridgehead atoms. The van der Waals surface area contributed by atoms with Crippen LogP contribution in [0.2, 0.25) is 0 Å². The molecular weight excluding hydrogens is 310 g/mol. The zero-order chi connectivity index (χ0) is 12.5. The number of alkyl halides is 1. The number of benzene rings is 1. The smallest absolute Gasteiger partial charge is 0.118 e. The number of hydrogen-bond donors (Lipinski definition) is 0. The first-order valence-electron chi connectivity index (χ1n) is 5.77. The number of furan rings is 1. The lowest BCUT2D eigenvalue weighted by atomic mass is 10.2. The van der Waals surface area contributed by atoms with Gasteiger partial charge >= 0.3 is 0 Å². The van der Waals surface area contributed by atoms with Crippen molar-refractivity contribution in [2.24, 2.45) is 0 Å². The van der Waals surface area contributed by atoms with Crippen LogP contribution in [-0.4, -0.2) is 4.98 Å². The third-order valence-electron chi connectivity index (χ3n) is 2.76. The van der Waals surface area contributed by atoms with Crippen LogP contribution in [0.15, 0.2) is 40.8 Å². The van der Waals surface area contributed by atoms with Crippen LogP contribution in [0.25, 0.3) is 10.2 Å². The van der Waals surface area contributed by atoms with E-state index in [1.54, 1.807) is 11.3 Å². The van der Waals surface area contributed by atoms with Gasteiger partial charge in [0.2, 0.25) is 0 Å². The second-order valence-electron chi connectivity index (χ2n) is 4.20. The van der Waals surface area contributed by atoms with E-state index in [4.69, 9.17) is 4.42 Å². The molecule has 4 heteroatoms. The first-order chi connectivity index (χ1) is 8.72. The van der Waals surface area contributed by atoms with E-state index in [0.29, 0.717) is 0 Å². The first kappa shape index (κ1) is 11.9. The van der Waals surface area contributed by atoms with E-state index in [1.807, 2.05) is 31.2 Å². The summed E-state index contributed by atoms with van der Waals surface area (Å²) in [6, 6.07) is 12.2. The summed E-state index contributed by atoms with van der Waals surface area (Å²) in [4.78, 5) is 4.82. The Hall–Kier alpha value is -1.13. The molecule has 0 N–H and O–H groups in total. The Morgan fingerprint density at radius 3 is 2.83 bits per heavy atom. The fourth-order valence-electron chi connectivity index (χ4n) is 1.88. The molecule has 0 radical (unpaired) electrons. The summed E-state index contributed by atoms with van der Waals surface area (Å²) in [7, 11) is 0. The zero-order valence-corrected chi connectivity index (χ0v) is 12.3. The highest BCUT2D eigenvalue weighted by molar-refractivity contribution is 9.09. The maximum absolute atomic E-state index is 5.62. The lowest BCUT2D eigenvalue weighted by Crippen LogP contribution is -1.92. The fourth-order valence-corrected chi connectivity index (χ4v) is 3.66. The predicted molar refractivity (Wildman–Crippen MR) is 78.4 cm³/mol. The van der Waals surface area contributed by atoms with Crippen molar-refractivity contribution in [1.82, 2.24) is 4.98 Å². The number of aryl methyl sites for hydroxylation is 1. The standard InChI is InChI=1S/C14H12BrNOS/c1-9-6-7-12(17-9)10(15)8-14-16-11-4-2-3-5-13(11)18-14/h2-7,10H,8H2,1H3. The van der Waals surface area contributed by atoms with Gasteiger partial charge in [0.25, 0.3) is 0 Å². The fraction of sp³-hybridized carbons (Fsp3) is 0.214. The molecule has 1 atom stereocenters. The topological polar surface area (TPSA) is 26.0 Å². The Balaban J connectivity index is 1.83. The Labute approximate surface area is 118 Å². The second-order valence-corrected chi connectivity index (χ2v) is 6.42. The molecule has 2 aromatic heterocycles. The lowest BCUT2D eigenvalue weighted by molar-refractivity contribution is 0.481. The number of nitrogens with zero attached hydrogens (tertiary/aromatic N) is 1. The summed E-state index contributed by atoms with van der Waals surface area (Å²) < 4.78 is 6.86. The van der Waals surface area contributed by atoms with E-state index in [0.717, 1.165) is 28.5 Å². The molecule has 2 heterocycles. The minimum Gasteiger partial charge on any atom is -0.465 e. The van der Waals surface area contributed by atoms with Gasteiger partial charge in [-0.1, -0.05) is 28.1 Å². The quantitative estimate of drug-likeness (QED) is 0.643. The SMILES string of the molecule is Cc1ccc(C(Br)Cc2nc3ccccc3s2)o1. The van der Waals surface area contributed by atoms with E-state index in [1.165, 1.54) is 4.70 Å². The van der Waals surface area contributed by atoms with Gasteiger partial charge in [-0.05, 0) is 31.2 Å². The molecule has 0 spiro atoms. The molecule has 0 aliphatic heterocycles. The van der Waals surface area contributed by atoms with Crippen LogP contribution in [0.1, 0.15) is 21.4 Å². The van der Waals surface area contributed by atoms with Crippen molar-refractivity contribution in [1.29, 1.82) is 0 Å². The van der Waals surface area contributed by atoms with Crippen LogP contribution in [0.3, 0.4) is 0 Å². The Morgan fingerprint density at radius 1 is 1.28 bits per heavy atom. The molecule has 3 aromatic rings. The summed E-state index contributed by atoms with van der Waals surface area (Å²) in [5.74, 6) is 1.91. The summed E-state index contributed by atoms with van der Waals surface area (Å²) in [6.45, 7) is 1.96. The van der Waals surface area contributed by atoms with Crippen LogP contribution >= 0.6 is 27.3 Å². The van der Waals surface area contributed by atoms with E-state index in [9.17, 15) is 0 Å². The number of thiazole rings is 1. The van der Waals surface area contributed by atoms with Gasteiger partial charge in [0.1, 0.15) is 11.5 Å². The van der Waals surface area contributed by atoms with Crippen molar-refractivity contribution in [2.75, 3.05) is 0 Å². The summed E-state index contributed by atoms with van der Waals surface area (Å²) in [5.41, 5.74) is 1.08. The minimum absolute atomic E-state index is 0.187. The number of aromatic nitrogens is 1. The second kappa shape index (κ2) is 4.86. The molecule has 0 fully saturated rings. The maximum atomic E-state index is 5.62. The van der Waals surface area contributed by atoms with Gasteiger partial charge in [-0.3, -0.25) is 0 Å². The number of hydrogen-bond acceptors (Lipinski definition) is 3. The molecule has 0 saturated heterocycles. The van der Waals surface area contributed by atoms with Gasteiger partial charge in [0.05, 0.1) is 20.1 Å². The monoisotopic (exact) mass is 321 g/mol. The van der Waals surface area contributed by atoms with E-state index in [2.05, 4.69) is 33.0 Å². The van der Waals surface area contributed by atoms with Gasteiger partial charge in [-0.15, -0.1) is 11.3 Å². The maximum Gasteiger partial charge on any atom is 0.118 e. The zero-order valence-electron chi connectivity index (χ0n) is 9.89. The molecule has 0 aliphatic rings. The van der Waals surface area contributed by atoms with Crippen LogP contribution in [0.4, 0.5) is 0 Å². The Bertz CT molecular complexity index is 640. The molecule has 2 nitrogen and oxygen atoms in total. The van der Waals surface area contributed by atoms with E-state index >= 15 is 0 Å². The summed E-state index contributed by atoms with van der Waals surface area (Å²) in [5, 5.41) is 1.13. The van der Waals surface area contributed by atoms with Gasteiger partial charge < -0.3 is 4.42 Å². The van der Waals surface area contributed by atoms with Crippen molar-refractivity contribution < 1.29 is 4.42 Å². The molecule has 1 aromatic carbocycles. The molecular formula is C14H12BrNOS. The number of fused-ring (bicyclic) bond motifs is 1. The Morgan fingerprint density at radius 2 is 2.11 bits per heavy atom. The lowest BCUT2D eigenvalue weighted by Gasteiger charge is -2.03. The van der Waals surface area contributed by atoms with Crippen molar-refractivity contribution in [3.05, 3.63) is 52.9 Å². The Kier molecular flexibility index (Phi) is 3.22. The van der Waals surface area contributed by atoms with Gasteiger partial charge in [-0.2, -0.15) is 0 Å². The molecule has 92 valence electrons. The highest BCUT2D eigenvalue weighted by atomic mass is 79.9. The van der Waals surface area contributed by atoms with Crippen LogP contribution in [0.5, 0.6) is 0 Å². The third kappa shape index (κ3) is 2.35. The van der Waals surface area contributed by atoms with Gasteiger partial charge in [0, 0.05) is 6.42 Å². The van der Waals surface area contributed by atoms with Crippen LogP contribution in [0, 0.1) is 6.92 Å². The van der Waals surface area contributed by atoms with Crippen molar-refractivity contribution in [3.8, 4) is 0 Å². The van der Waals surface area contributed by atoms with Crippen molar-refractivity contribution >= 4 is 37.5 Å². The summed E-state index contributed by atoms with van der Waals surface area (Å²) in [6.07, 6.45) is 0.853. The van der Waals surface area contributed by atoms with Gasteiger partial charge in [0.15, 0.2) is 0 Å². The molecule has 0 saturated carbocycles. The normalized spacial score (nSPS) is 13.0. The average Bonchev–Trinajstić information content (AvgIpc) is 2.94. The van der Waals surface area contributed by atoms with E-state index < -0.39 is 0 Å². The molecule has 0 amide bonds. The van der Waals surface area contributed by atoms with E-state index in [-0.39, 0.29) is 4.83 Å². The number of halogens is 1. The van der Waals surface area contributed by atoms with Crippen LogP contribution in [-0.2, 0) is 6.42 Å². The number of rotatable bonds is 3. The van der Waals surface area contributed by atoms with Crippen LogP contribution < -0.4 is 0 Å². The largest absolute Gasteiger partial charge is 0.465 e.